The molecule has 3 aromatic carbocycles. The van der Waals surface area contributed by atoms with Crippen LogP contribution < -0.4 is 10.9 Å². The van der Waals surface area contributed by atoms with Gasteiger partial charge >= 0.3 is 6.18 Å². The number of nitrogens with one attached hydrogen (secondary N) is 2. The molecule has 3 aromatic rings. The van der Waals surface area contributed by atoms with Crippen LogP contribution in [-0.4, -0.2) is 24.1 Å². The van der Waals surface area contributed by atoms with Crippen LogP contribution in [0.25, 0.3) is 4.85 Å². The molecule has 0 bridgehead atoms. The Balaban J connectivity index is 1.89. The summed E-state index contributed by atoms with van der Waals surface area (Å²) in [6, 6.07) is 18.3. The molecule has 3 rings (SSSR count). The minimum Gasteiger partial charge on any atom is -0.363 e. The second kappa shape index (κ2) is 12.9. The lowest BCUT2D eigenvalue weighted by molar-refractivity contribution is -0.238. The van der Waals surface area contributed by atoms with Crippen molar-refractivity contribution in [3.8, 4) is 6.07 Å². The summed E-state index contributed by atoms with van der Waals surface area (Å²) in [7, 11) is 0. The molecule has 0 fully saturated rings. The number of carbonyl (C=O) groups excluding carboxylic acids is 2. The Morgan fingerprint density at radius 2 is 1.74 bits per heavy atom. The Hall–Kier alpha value is -4.38. The maximum Gasteiger partial charge on any atom is 0.415 e. The average molecular weight is 555 g/mol. The van der Waals surface area contributed by atoms with Gasteiger partial charge in [-0.3, -0.25) is 20.4 Å². The number of alkyl halides is 3. The van der Waals surface area contributed by atoms with Gasteiger partial charge in [0.15, 0.2) is 6.10 Å². The zero-order valence-electron chi connectivity index (χ0n) is 20.6. The van der Waals surface area contributed by atoms with E-state index >= 15 is 0 Å². The predicted octanol–water partition coefficient (Wildman–Crippen LogP) is 5.84. The highest BCUT2D eigenvalue weighted by atomic mass is 35.5. The van der Waals surface area contributed by atoms with E-state index in [0.29, 0.717) is 22.3 Å². The second-order valence-corrected chi connectivity index (χ2v) is 8.87. The van der Waals surface area contributed by atoms with Gasteiger partial charge < -0.3 is 4.74 Å². The summed E-state index contributed by atoms with van der Waals surface area (Å²) in [6.07, 6.45) is -7.92. The van der Waals surface area contributed by atoms with Gasteiger partial charge in [0, 0.05) is 5.56 Å². The van der Waals surface area contributed by atoms with Crippen molar-refractivity contribution in [1.82, 2.24) is 10.9 Å². The lowest BCUT2D eigenvalue weighted by Crippen LogP contribution is -2.51. The molecular formula is C28H22ClF3N4O3. The number of benzene rings is 3. The van der Waals surface area contributed by atoms with Crippen molar-refractivity contribution in [1.29, 1.82) is 5.26 Å². The number of hydrogen-bond acceptors (Lipinski definition) is 4. The van der Waals surface area contributed by atoms with Crippen LogP contribution in [0.4, 0.5) is 18.9 Å². The van der Waals surface area contributed by atoms with Gasteiger partial charge in [0.1, 0.15) is 0 Å². The van der Waals surface area contributed by atoms with Gasteiger partial charge in [0.25, 0.3) is 5.91 Å². The Kier molecular flexibility index (Phi) is 9.67. The van der Waals surface area contributed by atoms with E-state index in [1.165, 1.54) is 36.4 Å². The molecular weight excluding hydrogens is 533 g/mol. The molecule has 0 radical (unpaired) electrons. The van der Waals surface area contributed by atoms with Crippen LogP contribution in [0.5, 0.6) is 0 Å². The van der Waals surface area contributed by atoms with Gasteiger partial charge in [-0.15, -0.1) is 0 Å². The SMILES string of the molecule is [C-]#[N+]c1ccc(C[C@@H](C(=O)NNC(=O)c2ccc(C#N)cc2)[C@H](OCc2ccccc2)C(F)(F)F)c(C)c1Cl. The van der Waals surface area contributed by atoms with E-state index in [9.17, 15) is 22.8 Å². The molecule has 11 heteroatoms. The van der Waals surface area contributed by atoms with Gasteiger partial charge in [0.2, 0.25) is 11.6 Å². The monoisotopic (exact) mass is 554 g/mol. The van der Waals surface area contributed by atoms with Gasteiger partial charge in [0.05, 0.1) is 35.8 Å². The smallest absolute Gasteiger partial charge is 0.363 e. The molecule has 0 aliphatic carbocycles. The summed E-state index contributed by atoms with van der Waals surface area (Å²) in [5.74, 6) is -3.76. The first-order chi connectivity index (χ1) is 18.5. The van der Waals surface area contributed by atoms with Crippen molar-refractivity contribution in [3.63, 3.8) is 0 Å². The van der Waals surface area contributed by atoms with E-state index in [4.69, 9.17) is 28.2 Å². The Bertz CT molecular complexity index is 1420. The van der Waals surface area contributed by atoms with Crippen molar-refractivity contribution in [3.05, 3.63) is 111 Å². The Labute approximate surface area is 227 Å². The topological polar surface area (TPSA) is 95.6 Å². The van der Waals surface area contributed by atoms with E-state index in [0.717, 1.165) is 0 Å². The molecule has 0 aliphatic heterocycles. The third-order valence-corrected chi connectivity index (χ3v) is 6.39. The maximum absolute atomic E-state index is 14.3. The number of hydrogen-bond donors (Lipinski definition) is 2. The predicted molar refractivity (Wildman–Crippen MR) is 137 cm³/mol. The summed E-state index contributed by atoms with van der Waals surface area (Å²) >= 11 is 6.22. The number of carbonyl (C=O) groups is 2. The number of hydrazine groups is 1. The quantitative estimate of drug-likeness (QED) is 0.270. The van der Waals surface area contributed by atoms with E-state index in [2.05, 4.69) is 15.7 Å². The molecule has 39 heavy (non-hydrogen) atoms. The summed E-state index contributed by atoms with van der Waals surface area (Å²) < 4.78 is 48.1. The van der Waals surface area contributed by atoms with Crippen LogP contribution in [-0.2, 0) is 22.6 Å². The molecule has 0 spiro atoms. The molecule has 7 nitrogen and oxygen atoms in total. The van der Waals surface area contributed by atoms with Crippen LogP contribution in [0.2, 0.25) is 5.02 Å². The number of ether oxygens (including phenoxy) is 1. The molecule has 0 saturated carbocycles. The number of nitriles is 1. The van der Waals surface area contributed by atoms with Gasteiger partial charge in [-0.25, -0.2) is 4.85 Å². The van der Waals surface area contributed by atoms with Crippen molar-refractivity contribution in [2.24, 2.45) is 5.92 Å². The van der Waals surface area contributed by atoms with E-state index in [-0.39, 0.29) is 16.3 Å². The molecule has 2 N–H and O–H groups in total. The van der Waals surface area contributed by atoms with Gasteiger partial charge in [-0.1, -0.05) is 54.1 Å². The highest BCUT2D eigenvalue weighted by Crippen LogP contribution is 2.35. The van der Waals surface area contributed by atoms with Crippen LogP contribution in [0, 0.1) is 30.7 Å². The zero-order valence-corrected chi connectivity index (χ0v) is 21.3. The summed E-state index contributed by atoms with van der Waals surface area (Å²) in [5.41, 5.74) is 5.83. The summed E-state index contributed by atoms with van der Waals surface area (Å²) in [5, 5.41) is 8.97. The van der Waals surface area contributed by atoms with E-state index < -0.39 is 43.0 Å². The second-order valence-electron chi connectivity index (χ2n) is 8.50. The molecule has 0 aliphatic rings. The number of halogens is 4. The zero-order chi connectivity index (χ0) is 28.6. The minimum atomic E-state index is -4.94. The van der Waals surface area contributed by atoms with Crippen molar-refractivity contribution in [2.45, 2.75) is 32.2 Å². The number of rotatable bonds is 8. The van der Waals surface area contributed by atoms with Crippen LogP contribution in [0.1, 0.15) is 32.6 Å². The van der Waals surface area contributed by atoms with Gasteiger partial charge in [-0.05, 0) is 54.3 Å². The lowest BCUT2D eigenvalue weighted by Gasteiger charge is -2.29. The fraction of sp³-hybridized carbons (Fsp3) is 0.214. The number of nitrogens with zero attached hydrogens (tertiary/aromatic N) is 2. The minimum absolute atomic E-state index is 0.0736. The summed E-state index contributed by atoms with van der Waals surface area (Å²) in [6.45, 7) is 8.32. The normalized spacial score (nSPS) is 12.5. The third-order valence-electron chi connectivity index (χ3n) is 5.91. The molecule has 2 atom stereocenters. The number of amides is 2. The van der Waals surface area contributed by atoms with Crippen LogP contribution >= 0.6 is 11.6 Å². The molecule has 0 unspecified atom stereocenters. The fourth-order valence-corrected chi connectivity index (χ4v) is 4.00. The highest BCUT2D eigenvalue weighted by Gasteiger charge is 2.49. The maximum atomic E-state index is 14.3. The standard InChI is InChI=1S/C28H22ClF3N4O3/c1-17-21(12-13-23(34-2)24(17)29)14-22(25(28(30,31)32)39-16-19-6-4-3-5-7-19)27(38)36-35-26(37)20-10-8-18(15-33)9-11-20/h3-13,22,25H,14,16H2,1H3,(H,35,37)(H,36,38)/t22-,25+/m1/s1. The van der Waals surface area contributed by atoms with Crippen LogP contribution in [0.15, 0.2) is 66.7 Å². The first kappa shape index (κ1) is 29.2. The lowest BCUT2D eigenvalue weighted by atomic mass is 9.90. The Morgan fingerprint density at radius 3 is 2.33 bits per heavy atom. The first-order valence-electron chi connectivity index (χ1n) is 11.5. The van der Waals surface area contributed by atoms with E-state index in [1.807, 2.05) is 6.07 Å². The van der Waals surface area contributed by atoms with Crippen LogP contribution in [0.3, 0.4) is 0 Å². The molecule has 200 valence electrons. The van der Waals surface area contributed by atoms with Crippen molar-refractivity contribution < 1.29 is 27.5 Å². The average Bonchev–Trinajstić information content (AvgIpc) is 2.93. The third kappa shape index (κ3) is 7.57. The molecule has 0 heterocycles. The van der Waals surface area contributed by atoms with Crippen molar-refractivity contribution in [2.75, 3.05) is 0 Å². The van der Waals surface area contributed by atoms with E-state index in [1.54, 1.807) is 37.3 Å². The largest absolute Gasteiger partial charge is 0.415 e. The Morgan fingerprint density at radius 1 is 1.08 bits per heavy atom. The van der Waals surface area contributed by atoms with Crippen molar-refractivity contribution >= 4 is 29.1 Å². The fourth-order valence-electron chi connectivity index (χ4n) is 3.77. The molecule has 0 saturated heterocycles. The highest BCUT2D eigenvalue weighted by molar-refractivity contribution is 6.34. The molecule has 2 amide bonds. The molecule has 0 aromatic heterocycles. The first-order valence-corrected chi connectivity index (χ1v) is 11.9. The van der Waals surface area contributed by atoms with Gasteiger partial charge in [-0.2, -0.15) is 18.4 Å². The summed E-state index contributed by atoms with van der Waals surface area (Å²) in [4.78, 5) is 28.9.